The number of hydrogen-bond donors (Lipinski definition) is 1. The van der Waals surface area contributed by atoms with Gasteiger partial charge in [-0.05, 0) is 39.7 Å². The van der Waals surface area contributed by atoms with Crippen molar-refractivity contribution in [1.29, 1.82) is 0 Å². The van der Waals surface area contributed by atoms with Gasteiger partial charge in [-0.15, -0.1) is 0 Å². The SMILES string of the molecule is Cn1cc(Br)c(C(=O)NN=Cc2ccc3c(c2)OCO3)n1. The molecule has 1 aromatic carbocycles. The van der Waals surface area contributed by atoms with Crippen LogP contribution in [0.3, 0.4) is 0 Å². The number of hydrazone groups is 1. The largest absolute Gasteiger partial charge is 0.454 e. The molecule has 0 atom stereocenters. The van der Waals surface area contributed by atoms with Gasteiger partial charge < -0.3 is 9.47 Å². The summed E-state index contributed by atoms with van der Waals surface area (Å²) in [7, 11) is 1.73. The molecule has 0 saturated heterocycles. The molecular weight excluding hydrogens is 340 g/mol. The van der Waals surface area contributed by atoms with E-state index in [2.05, 4.69) is 31.6 Å². The molecule has 7 nitrogen and oxygen atoms in total. The molecule has 1 aromatic heterocycles. The lowest BCUT2D eigenvalue weighted by Crippen LogP contribution is -2.18. The van der Waals surface area contributed by atoms with Crippen LogP contribution in [0.1, 0.15) is 16.1 Å². The Balaban J connectivity index is 1.67. The van der Waals surface area contributed by atoms with Crippen LogP contribution in [0, 0.1) is 0 Å². The first-order valence-electron chi connectivity index (χ1n) is 6.05. The van der Waals surface area contributed by atoms with Crippen LogP contribution in [0.25, 0.3) is 0 Å². The van der Waals surface area contributed by atoms with E-state index in [1.54, 1.807) is 30.1 Å². The Morgan fingerprint density at radius 1 is 1.48 bits per heavy atom. The van der Waals surface area contributed by atoms with Crippen LogP contribution in [0.2, 0.25) is 0 Å². The lowest BCUT2D eigenvalue weighted by molar-refractivity contribution is 0.0948. The third-order valence-electron chi connectivity index (χ3n) is 2.78. The van der Waals surface area contributed by atoms with Gasteiger partial charge in [-0.25, -0.2) is 5.43 Å². The van der Waals surface area contributed by atoms with Crippen LogP contribution >= 0.6 is 15.9 Å². The third kappa shape index (κ3) is 2.89. The molecule has 8 heteroatoms. The Hall–Kier alpha value is -2.35. The summed E-state index contributed by atoms with van der Waals surface area (Å²) in [6.45, 7) is 0.223. The highest BCUT2D eigenvalue weighted by Gasteiger charge is 2.14. The predicted molar refractivity (Wildman–Crippen MR) is 78.5 cm³/mol. The van der Waals surface area contributed by atoms with E-state index in [0.717, 1.165) is 5.56 Å². The van der Waals surface area contributed by atoms with Gasteiger partial charge in [0.1, 0.15) is 0 Å². The number of ether oxygens (including phenoxy) is 2. The van der Waals surface area contributed by atoms with Gasteiger partial charge in [-0.1, -0.05) is 0 Å². The maximum atomic E-state index is 11.9. The number of rotatable bonds is 3. The number of carbonyl (C=O) groups is 1. The number of amides is 1. The molecule has 0 radical (unpaired) electrons. The first-order valence-corrected chi connectivity index (χ1v) is 6.85. The molecule has 21 heavy (non-hydrogen) atoms. The van der Waals surface area contributed by atoms with Gasteiger partial charge in [0.15, 0.2) is 17.2 Å². The monoisotopic (exact) mass is 350 g/mol. The lowest BCUT2D eigenvalue weighted by atomic mass is 10.2. The molecule has 0 fully saturated rings. The molecule has 0 saturated carbocycles. The predicted octanol–water partition coefficient (Wildman–Crippen LogP) is 1.68. The van der Waals surface area contributed by atoms with Gasteiger partial charge in [0, 0.05) is 13.2 Å². The molecule has 1 aliphatic heterocycles. The summed E-state index contributed by atoms with van der Waals surface area (Å²) in [6.07, 6.45) is 3.22. The highest BCUT2D eigenvalue weighted by atomic mass is 79.9. The fourth-order valence-electron chi connectivity index (χ4n) is 1.83. The molecule has 1 N–H and O–H groups in total. The summed E-state index contributed by atoms with van der Waals surface area (Å²) in [4.78, 5) is 11.9. The Labute approximate surface area is 128 Å². The number of nitrogens with one attached hydrogen (secondary N) is 1. The van der Waals surface area contributed by atoms with Crippen molar-refractivity contribution < 1.29 is 14.3 Å². The van der Waals surface area contributed by atoms with Crippen LogP contribution < -0.4 is 14.9 Å². The molecule has 0 unspecified atom stereocenters. The van der Waals surface area contributed by atoms with Crippen molar-refractivity contribution in [2.75, 3.05) is 6.79 Å². The minimum absolute atomic E-state index is 0.223. The molecule has 1 amide bonds. The average Bonchev–Trinajstić information content (AvgIpc) is 3.04. The molecular formula is C13H11BrN4O3. The summed E-state index contributed by atoms with van der Waals surface area (Å²) in [6, 6.07) is 5.40. The van der Waals surface area contributed by atoms with Crippen molar-refractivity contribution in [3.63, 3.8) is 0 Å². The van der Waals surface area contributed by atoms with E-state index in [-0.39, 0.29) is 18.4 Å². The van der Waals surface area contributed by atoms with Gasteiger partial charge >= 0.3 is 0 Å². The van der Waals surface area contributed by atoms with Gasteiger partial charge in [0.05, 0.1) is 10.7 Å². The second-order valence-electron chi connectivity index (χ2n) is 4.31. The van der Waals surface area contributed by atoms with Crippen molar-refractivity contribution in [2.45, 2.75) is 0 Å². The second kappa shape index (κ2) is 5.57. The lowest BCUT2D eigenvalue weighted by Gasteiger charge is -1.98. The standard InChI is InChI=1S/C13H11BrN4O3/c1-18-6-9(14)12(17-18)13(19)16-15-5-8-2-3-10-11(4-8)21-7-20-10/h2-6H,7H2,1H3,(H,16,19). The van der Waals surface area contributed by atoms with Gasteiger partial charge in [-0.2, -0.15) is 10.2 Å². The zero-order valence-electron chi connectivity index (χ0n) is 11.0. The van der Waals surface area contributed by atoms with Crippen LogP contribution in [-0.4, -0.2) is 28.7 Å². The Morgan fingerprint density at radius 3 is 3.05 bits per heavy atom. The summed E-state index contributed by atoms with van der Waals surface area (Å²) >= 11 is 3.26. The molecule has 0 aliphatic carbocycles. The van der Waals surface area contributed by atoms with Gasteiger partial charge in [0.2, 0.25) is 6.79 Å². The molecule has 2 aromatic rings. The molecule has 0 bridgehead atoms. The van der Waals surface area contributed by atoms with E-state index in [9.17, 15) is 4.79 Å². The quantitative estimate of drug-likeness (QED) is 0.674. The van der Waals surface area contributed by atoms with E-state index in [1.165, 1.54) is 6.21 Å². The summed E-state index contributed by atoms with van der Waals surface area (Å²) in [5.41, 5.74) is 3.49. The smallest absolute Gasteiger partial charge is 0.293 e. The highest BCUT2D eigenvalue weighted by molar-refractivity contribution is 9.10. The Bertz CT molecular complexity index is 726. The average molecular weight is 351 g/mol. The maximum Gasteiger partial charge on any atom is 0.293 e. The zero-order chi connectivity index (χ0) is 14.8. The molecule has 0 spiro atoms. The maximum absolute atomic E-state index is 11.9. The molecule has 2 heterocycles. The van der Waals surface area contributed by atoms with Crippen molar-refractivity contribution in [2.24, 2.45) is 12.1 Å². The number of benzene rings is 1. The number of nitrogens with zero attached hydrogens (tertiary/aromatic N) is 3. The van der Waals surface area contributed by atoms with E-state index in [1.807, 2.05) is 6.07 Å². The molecule has 108 valence electrons. The first kappa shape index (κ1) is 13.6. The van der Waals surface area contributed by atoms with Crippen molar-refractivity contribution in [1.82, 2.24) is 15.2 Å². The number of aryl methyl sites for hydroxylation is 1. The van der Waals surface area contributed by atoms with E-state index >= 15 is 0 Å². The van der Waals surface area contributed by atoms with Crippen LogP contribution in [0.15, 0.2) is 34.0 Å². The van der Waals surface area contributed by atoms with Crippen molar-refractivity contribution >= 4 is 28.1 Å². The topological polar surface area (TPSA) is 77.7 Å². The summed E-state index contributed by atoms with van der Waals surface area (Å²) in [5.74, 6) is 0.978. The molecule has 1 aliphatic rings. The summed E-state index contributed by atoms with van der Waals surface area (Å²) < 4.78 is 12.6. The fourth-order valence-corrected chi connectivity index (χ4v) is 2.38. The second-order valence-corrected chi connectivity index (χ2v) is 5.17. The number of carbonyl (C=O) groups excluding carboxylic acids is 1. The Kier molecular flexibility index (Phi) is 3.61. The summed E-state index contributed by atoms with van der Waals surface area (Å²) in [5, 5.41) is 7.93. The van der Waals surface area contributed by atoms with Crippen LogP contribution in [-0.2, 0) is 7.05 Å². The number of hydrogen-bond acceptors (Lipinski definition) is 5. The number of halogens is 1. The van der Waals surface area contributed by atoms with Crippen molar-refractivity contribution in [3.05, 3.63) is 40.1 Å². The van der Waals surface area contributed by atoms with Crippen LogP contribution in [0.4, 0.5) is 0 Å². The first-order chi connectivity index (χ1) is 10.1. The zero-order valence-corrected chi connectivity index (χ0v) is 12.6. The Morgan fingerprint density at radius 2 is 2.29 bits per heavy atom. The molecule has 3 rings (SSSR count). The van der Waals surface area contributed by atoms with Crippen molar-refractivity contribution in [3.8, 4) is 11.5 Å². The van der Waals surface area contributed by atoms with Crippen LogP contribution in [0.5, 0.6) is 11.5 Å². The van der Waals surface area contributed by atoms with Gasteiger partial charge in [-0.3, -0.25) is 9.48 Å². The number of aromatic nitrogens is 2. The third-order valence-corrected chi connectivity index (χ3v) is 3.36. The van der Waals surface area contributed by atoms with E-state index in [4.69, 9.17) is 9.47 Å². The highest BCUT2D eigenvalue weighted by Crippen LogP contribution is 2.31. The number of fused-ring (bicyclic) bond motifs is 1. The van der Waals surface area contributed by atoms with Gasteiger partial charge in [0.25, 0.3) is 5.91 Å². The minimum atomic E-state index is -0.389. The minimum Gasteiger partial charge on any atom is -0.454 e. The normalized spacial score (nSPS) is 12.9. The van der Waals surface area contributed by atoms with E-state index < -0.39 is 0 Å². The van der Waals surface area contributed by atoms with E-state index in [0.29, 0.717) is 16.0 Å². The fraction of sp³-hybridized carbons (Fsp3) is 0.154.